The quantitative estimate of drug-likeness (QED) is 0.0492. The minimum absolute atomic E-state index is 0. The molecule has 6 aliphatic heterocycles. The first-order chi connectivity index (χ1) is 51.0. The van der Waals surface area contributed by atoms with Gasteiger partial charge >= 0.3 is 90.7 Å². The number of Topliss-reactive ketones (excluding diaryl/α,β-unsaturated/α-hetero) is 6. The second kappa shape index (κ2) is 58.7. The zero-order valence-corrected chi connectivity index (χ0v) is 80.5. The number of aliphatic imine (C=N–C) groups is 1. The number of aliphatic carboxylic acids is 1. The third-order valence-electron chi connectivity index (χ3n) is 16.6. The van der Waals surface area contributed by atoms with Gasteiger partial charge in [0.2, 0.25) is 5.91 Å². The van der Waals surface area contributed by atoms with Crippen molar-refractivity contribution < 1.29 is 161 Å². The van der Waals surface area contributed by atoms with Crippen LogP contribution in [-0.2, 0) is 76.3 Å². The largest absolute Gasteiger partial charge is 2.00 e. The Hall–Kier alpha value is -6.36. The van der Waals surface area contributed by atoms with Crippen molar-refractivity contribution in [2.24, 2.45) is 4.99 Å². The van der Waals surface area contributed by atoms with E-state index in [1.54, 1.807) is 128 Å². The molecule has 6 rings (SSSR count). The van der Waals surface area contributed by atoms with Gasteiger partial charge in [-0.05, 0) is 299 Å². The predicted molar refractivity (Wildman–Crippen MR) is 452 cm³/mol. The summed E-state index contributed by atoms with van der Waals surface area (Å²) in [6.07, 6.45) is 5.19. The van der Waals surface area contributed by atoms with Gasteiger partial charge in [0.1, 0.15) is 68.9 Å². The molecule has 120 heavy (non-hydrogen) atoms. The Balaban J connectivity index is -0.000000167. The fraction of sp³-hybridized carbons (Fsp3) is 0.798. The number of aliphatic hydroxyl groups excluding tert-OH is 1. The number of carboxylic acid groups (broad SMARTS) is 1. The second-order valence-electron chi connectivity index (χ2n) is 36.1. The van der Waals surface area contributed by atoms with E-state index >= 15 is 0 Å². The summed E-state index contributed by atoms with van der Waals surface area (Å²) >= 11 is 0. The number of likely N-dealkylation sites (tertiary alicyclic amines) is 4. The van der Waals surface area contributed by atoms with Crippen molar-refractivity contribution >= 4 is 118 Å². The number of rotatable bonds is 11. The molecule has 36 heteroatoms. The van der Waals surface area contributed by atoms with E-state index in [9.17, 15) is 71.9 Å². The van der Waals surface area contributed by atoms with Crippen molar-refractivity contribution in [2.45, 2.75) is 432 Å². The van der Waals surface area contributed by atoms with Crippen LogP contribution in [0.3, 0.4) is 0 Å². The molecule has 0 radical (unpaired) electrons. The van der Waals surface area contributed by atoms with E-state index in [0.29, 0.717) is 31.7 Å². The third-order valence-corrected chi connectivity index (χ3v) is 16.6. The van der Waals surface area contributed by atoms with Crippen molar-refractivity contribution in [3.63, 3.8) is 0 Å². The van der Waals surface area contributed by atoms with Gasteiger partial charge in [0.15, 0.2) is 23.1 Å². The van der Waals surface area contributed by atoms with Crippen LogP contribution in [0.5, 0.6) is 0 Å². The van der Waals surface area contributed by atoms with Crippen molar-refractivity contribution in [3.8, 4) is 0 Å². The fourth-order valence-electron chi connectivity index (χ4n) is 11.4. The summed E-state index contributed by atoms with van der Waals surface area (Å²) in [6.45, 7) is 55.6. The van der Waals surface area contributed by atoms with Gasteiger partial charge in [0.05, 0.1) is 30.8 Å². The first-order valence-corrected chi connectivity index (χ1v) is 38.9. The molecule has 0 unspecified atom stereocenters. The van der Waals surface area contributed by atoms with Gasteiger partial charge in [-0.25, -0.2) is 43.3 Å². The van der Waals surface area contributed by atoms with Gasteiger partial charge in [-0.3, -0.25) is 43.6 Å². The van der Waals surface area contributed by atoms with Crippen LogP contribution in [0.15, 0.2) is 4.99 Å². The van der Waals surface area contributed by atoms with E-state index in [1.807, 2.05) is 69.2 Å². The molecule has 0 saturated carbocycles. The Labute approximate surface area is 756 Å². The maximum Gasteiger partial charge on any atom is 2.00 e. The van der Waals surface area contributed by atoms with Crippen LogP contribution in [0.1, 0.15) is 326 Å². The monoisotopic (exact) mass is 1790 g/mol. The summed E-state index contributed by atoms with van der Waals surface area (Å²) in [5, 5.41) is 23.8. The van der Waals surface area contributed by atoms with Crippen LogP contribution >= 0.6 is 0 Å². The summed E-state index contributed by atoms with van der Waals surface area (Å²) in [5.41, 5.74) is -3.12. The topological polar surface area (TPSA) is 450 Å². The van der Waals surface area contributed by atoms with E-state index in [2.05, 4.69) is 27.3 Å². The molecule has 5 saturated heterocycles. The predicted octanol–water partition coefficient (Wildman–Crippen LogP) is 9.29. The number of carbonyl (C=O) groups excluding carboxylic acids is 14. The van der Waals surface area contributed by atoms with Crippen molar-refractivity contribution in [1.82, 2.24) is 30.2 Å². The average Bonchev–Trinajstić information content (AvgIpc) is 1.69. The summed E-state index contributed by atoms with van der Waals surface area (Å²) < 4.78 is 39.7. The van der Waals surface area contributed by atoms with Crippen molar-refractivity contribution in [2.75, 3.05) is 6.61 Å². The maximum atomic E-state index is 11.9. The molecule has 11 atom stereocenters. The molecule has 6 aliphatic rings. The smallest absolute Gasteiger partial charge is 1.00 e. The van der Waals surface area contributed by atoms with Gasteiger partial charge in [0, 0.05) is 42.7 Å². The number of halogens is 1. The number of amides is 6. The van der Waals surface area contributed by atoms with E-state index in [0.717, 1.165) is 62.0 Å². The standard InChI is InChI=1S/C12H21NO4.C12H21NO3.C11H17NO4.C11H19NO4.C11H21NO3.C10H18O5.C7H13NO.C7H11NO.2CH4.CH3.BrH.Li.Mg.H2O/c1-8(14)6-7-10(9(2)15)13-11(16)17-12(3,4)5;1-8-6-7-10(9(2)14)13(8)11(15)16-12(3,4)5;1-7(13)8-5-6-9(14)12(8)10(15)16-11(2,3)4;1-7-5-6-8(9(13)14)12(7)10(15)16-11(2,3)4;1-8-5-6-9(7-13)12(8)10(14)15-11(2,3)4;1-9(2,3)14-7(11)13-8(12)15-10(4,5)6;2*1-5-3-4-7(8-5)6(2)9;;;;;;;/h10H,6-7H2,1-5H3,(H,13,16);8,10H,6-7H2,1-5H3;8H,5-6H2,1-4H3;7-8H,5-6H2,1-4H3,(H,13,14);8-9,13H,5-7H2,1-4H3;1-6H3;5,7-8H,3-4H2,1-2H3;7H,3-4H2,1-2H3;2*1H4;1H3;1H;;;1H2/q;;;;;;;;;;-1;;+1;+2;/p-2/t10-;8-,10-;8-;7-,8-;8-,9-;;5-,7-;7-;;;;;;;/m00000.00......./s1. The number of hydrogen-bond donors (Lipinski definition) is 4. The zero-order chi connectivity index (χ0) is 88.8. The number of hydrogen-bond acceptors (Lipinski definition) is 27. The van der Waals surface area contributed by atoms with Crippen molar-refractivity contribution in [3.05, 3.63) is 7.43 Å². The normalized spacial score (nSPS) is 20.9. The fourth-order valence-corrected chi connectivity index (χ4v) is 11.4. The summed E-state index contributed by atoms with van der Waals surface area (Å²) in [6, 6.07) is -1.57. The van der Waals surface area contributed by atoms with Crippen molar-refractivity contribution in [1.29, 1.82) is 0 Å². The number of aliphatic hydroxyl groups is 1. The number of nitrogens with one attached hydrogen (secondary N) is 2. The van der Waals surface area contributed by atoms with E-state index in [1.165, 1.54) is 32.6 Å². The number of nitrogens with zero attached hydrogens (tertiary/aromatic N) is 5. The minimum Gasteiger partial charge on any atom is -1.00 e. The minimum atomic E-state index is -1.06. The Morgan fingerprint density at radius 1 is 0.483 bits per heavy atom. The summed E-state index contributed by atoms with van der Waals surface area (Å²) in [7, 11) is 0. The first kappa shape index (κ1) is 132. The molecule has 0 bridgehead atoms. The summed E-state index contributed by atoms with van der Waals surface area (Å²) in [5.74, 6) is -1.16. The SMILES string of the molecule is C.C.CC(=O)CC[C@H](NC(=O)OC(C)(C)C)C(C)=O.CC(=O)[C@@H]1CCC(=O)N1C(=O)OC(C)(C)C.CC(=O)[C@@H]1CCC(C)=N1.CC(=O)[C@@H]1CC[C@H](C)N1.CC(=O)[C@@H]1CC[C@H](C)N1C(=O)OC(C)(C)C.CC(C)(C)OC(=O)OC(=O)OC(C)(C)C.C[C@H]1CC[C@@H](C(=O)O)N1C(=O)OC(C)(C)C.C[C@H]1CC[C@@H](CO)N1C(=O)OC(C)(C)C.[Br-].[CH3-].[Li+].[Mg+2].[OH-]. The van der Waals surface area contributed by atoms with Crippen LogP contribution in [0, 0.1) is 7.43 Å². The third kappa shape index (κ3) is 57.9. The van der Waals surface area contributed by atoms with Crippen LogP contribution in [0.4, 0.5) is 33.6 Å². The average molecular weight is 1790 g/mol. The van der Waals surface area contributed by atoms with E-state index in [4.69, 9.17) is 43.4 Å². The molecular weight excluding hydrogens is 1630 g/mol. The van der Waals surface area contributed by atoms with Crippen LogP contribution in [0.25, 0.3) is 0 Å². The molecule has 6 heterocycles. The molecule has 33 nitrogen and oxygen atoms in total. The Morgan fingerprint density at radius 3 is 1.15 bits per heavy atom. The molecule has 0 aromatic heterocycles. The molecule has 0 aliphatic carbocycles. The molecule has 0 aromatic carbocycles. The van der Waals surface area contributed by atoms with Gasteiger partial charge < -0.3 is 98.3 Å². The van der Waals surface area contributed by atoms with Gasteiger partial charge in [-0.2, -0.15) is 0 Å². The zero-order valence-electron chi connectivity index (χ0n) is 77.5. The number of ketones is 6. The molecule has 0 spiro atoms. The summed E-state index contributed by atoms with van der Waals surface area (Å²) in [4.78, 5) is 179. The molecule has 5 fully saturated rings. The molecule has 5 N–H and O–H groups in total. The Bertz CT molecular complexity index is 3170. The Morgan fingerprint density at radius 2 is 0.850 bits per heavy atom. The number of alkyl carbamates (subject to hydrolysis) is 1. The molecule has 690 valence electrons. The number of ether oxygens (including phenoxy) is 8. The maximum absolute atomic E-state index is 11.9. The number of imide groups is 1. The van der Waals surface area contributed by atoms with Crippen LogP contribution < -0.4 is 46.5 Å². The van der Waals surface area contributed by atoms with E-state index < -0.39 is 93.9 Å². The molecule has 0 aromatic rings. The van der Waals surface area contributed by atoms with Gasteiger partial charge in [-0.15, -0.1) is 0 Å². The van der Waals surface area contributed by atoms with Gasteiger partial charge in [0.25, 0.3) is 0 Å². The number of carbonyl (C=O) groups is 15. The molecule has 6 amide bonds. The van der Waals surface area contributed by atoms with Crippen LogP contribution in [-0.4, -0.2) is 266 Å². The van der Waals surface area contributed by atoms with E-state index in [-0.39, 0.29) is 201 Å². The molecular formula is C84H153BrLiMgN7O26. The van der Waals surface area contributed by atoms with Crippen LogP contribution in [0.2, 0.25) is 0 Å². The first-order valence-electron chi connectivity index (χ1n) is 38.9. The number of carboxylic acids is 1. The Kier molecular flexibility index (Phi) is 64.4. The van der Waals surface area contributed by atoms with Gasteiger partial charge in [-0.1, -0.05) is 14.9 Å². The second-order valence-corrected chi connectivity index (χ2v) is 36.1.